The van der Waals surface area contributed by atoms with Crippen molar-refractivity contribution >= 4 is 27.6 Å². The number of carbonyl (C=O) groups excluding carboxylic acids is 1. The molecule has 1 heterocycles. The Kier molecular flexibility index (Phi) is 4.63. The highest BCUT2D eigenvalue weighted by atomic mass is 79.9. The van der Waals surface area contributed by atoms with E-state index in [2.05, 4.69) is 27.3 Å². The molecule has 3 rings (SSSR count). The molecule has 0 spiro atoms. The van der Waals surface area contributed by atoms with E-state index in [1.165, 1.54) is 5.56 Å². The van der Waals surface area contributed by atoms with Gasteiger partial charge < -0.3 is 10.1 Å². The summed E-state index contributed by atoms with van der Waals surface area (Å²) in [6.45, 7) is 1.66. The van der Waals surface area contributed by atoms with Crippen LogP contribution in [0.5, 0.6) is 5.75 Å². The number of amides is 2. The average molecular weight is 361 g/mol. The van der Waals surface area contributed by atoms with E-state index in [4.69, 9.17) is 4.74 Å². The third-order valence-electron chi connectivity index (χ3n) is 3.59. The van der Waals surface area contributed by atoms with Crippen LogP contribution < -0.4 is 15.0 Å². The lowest BCUT2D eigenvalue weighted by atomic mass is 10.2. The topological polar surface area (TPSA) is 41.6 Å². The minimum absolute atomic E-state index is 0.0654. The number of hydrogen-bond donors (Lipinski definition) is 1. The zero-order chi connectivity index (χ0) is 15.4. The predicted molar refractivity (Wildman–Crippen MR) is 90.5 cm³/mol. The number of rotatable bonds is 4. The van der Waals surface area contributed by atoms with Crippen molar-refractivity contribution in [1.29, 1.82) is 0 Å². The zero-order valence-corrected chi connectivity index (χ0v) is 13.7. The molecular weight excluding hydrogens is 344 g/mol. The zero-order valence-electron chi connectivity index (χ0n) is 12.1. The molecule has 2 aromatic rings. The minimum Gasteiger partial charge on any atom is -0.492 e. The fourth-order valence-electron chi connectivity index (χ4n) is 2.50. The molecule has 0 unspecified atom stereocenters. The number of benzene rings is 2. The third kappa shape index (κ3) is 3.42. The van der Waals surface area contributed by atoms with Gasteiger partial charge in [-0.05, 0) is 42.3 Å². The van der Waals surface area contributed by atoms with Crippen LogP contribution in [-0.4, -0.2) is 25.7 Å². The highest BCUT2D eigenvalue weighted by Crippen LogP contribution is 2.27. The summed E-state index contributed by atoms with van der Waals surface area (Å²) >= 11 is 3.38. The lowest BCUT2D eigenvalue weighted by Gasteiger charge is -2.18. The van der Waals surface area contributed by atoms with Gasteiger partial charge in [-0.2, -0.15) is 0 Å². The van der Waals surface area contributed by atoms with Gasteiger partial charge >= 0.3 is 6.03 Å². The van der Waals surface area contributed by atoms with Crippen LogP contribution in [0.2, 0.25) is 0 Å². The Morgan fingerprint density at radius 2 is 1.95 bits per heavy atom. The highest BCUT2D eigenvalue weighted by molar-refractivity contribution is 9.10. The molecule has 0 fully saturated rings. The van der Waals surface area contributed by atoms with E-state index in [-0.39, 0.29) is 6.03 Å². The molecule has 0 atom stereocenters. The lowest BCUT2D eigenvalue weighted by Crippen LogP contribution is -2.40. The van der Waals surface area contributed by atoms with Crippen molar-refractivity contribution in [3.63, 3.8) is 0 Å². The maximum absolute atomic E-state index is 12.2. The van der Waals surface area contributed by atoms with Crippen LogP contribution >= 0.6 is 15.9 Å². The standard InChI is InChI=1S/C17H17BrN2O2/c18-14-5-7-15(8-6-14)22-12-10-19-17(21)20-11-9-13-3-1-2-4-16(13)20/h1-8H,9-12H2,(H,19,21). The van der Waals surface area contributed by atoms with Gasteiger partial charge in [-0.3, -0.25) is 4.90 Å². The lowest BCUT2D eigenvalue weighted by molar-refractivity contribution is 0.242. The molecule has 114 valence electrons. The number of urea groups is 1. The molecule has 1 aliphatic heterocycles. The molecule has 22 heavy (non-hydrogen) atoms. The Morgan fingerprint density at radius 1 is 1.18 bits per heavy atom. The van der Waals surface area contributed by atoms with E-state index in [0.29, 0.717) is 13.2 Å². The first-order chi connectivity index (χ1) is 10.7. The van der Waals surface area contributed by atoms with Gasteiger partial charge in [-0.25, -0.2) is 4.79 Å². The monoisotopic (exact) mass is 360 g/mol. The Labute approximate surface area is 138 Å². The summed E-state index contributed by atoms with van der Waals surface area (Å²) in [5, 5.41) is 2.90. The van der Waals surface area contributed by atoms with Crippen LogP contribution in [0.1, 0.15) is 5.56 Å². The van der Waals surface area contributed by atoms with Crippen molar-refractivity contribution in [2.75, 3.05) is 24.6 Å². The smallest absolute Gasteiger partial charge is 0.322 e. The van der Waals surface area contributed by atoms with Crippen LogP contribution in [-0.2, 0) is 6.42 Å². The van der Waals surface area contributed by atoms with E-state index in [0.717, 1.165) is 28.9 Å². The van der Waals surface area contributed by atoms with Crippen molar-refractivity contribution < 1.29 is 9.53 Å². The molecule has 2 aromatic carbocycles. The highest BCUT2D eigenvalue weighted by Gasteiger charge is 2.23. The Hall–Kier alpha value is -2.01. The summed E-state index contributed by atoms with van der Waals surface area (Å²) in [7, 11) is 0. The van der Waals surface area contributed by atoms with Crippen LogP contribution in [0.15, 0.2) is 53.0 Å². The molecule has 0 aromatic heterocycles. The fourth-order valence-corrected chi connectivity index (χ4v) is 2.77. The first kappa shape index (κ1) is 14.9. The summed E-state index contributed by atoms with van der Waals surface area (Å²) in [6.07, 6.45) is 0.916. The second-order valence-electron chi connectivity index (χ2n) is 5.06. The molecule has 5 heteroatoms. The summed E-state index contributed by atoms with van der Waals surface area (Å²) in [5.41, 5.74) is 2.23. The van der Waals surface area contributed by atoms with Gasteiger partial charge in [-0.1, -0.05) is 34.1 Å². The predicted octanol–water partition coefficient (Wildman–Crippen LogP) is 3.60. The normalized spacial score (nSPS) is 12.9. The molecule has 0 aliphatic carbocycles. The maximum Gasteiger partial charge on any atom is 0.322 e. The number of hydrogen-bond acceptors (Lipinski definition) is 2. The number of para-hydroxylation sites is 1. The van der Waals surface area contributed by atoms with Crippen molar-refractivity contribution in [2.24, 2.45) is 0 Å². The van der Waals surface area contributed by atoms with E-state index < -0.39 is 0 Å². The molecule has 1 aliphatic rings. The number of fused-ring (bicyclic) bond motifs is 1. The number of halogens is 1. The van der Waals surface area contributed by atoms with Gasteiger partial charge in [0.25, 0.3) is 0 Å². The Balaban J connectivity index is 1.46. The molecule has 1 N–H and O–H groups in total. The maximum atomic E-state index is 12.2. The van der Waals surface area contributed by atoms with E-state index >= 15 is 0 Å². The third-order valence-corrected chi connectivity index (χ3v) is 4.12. The van der Waals surface area contributed by atoms with Crippen molar-refractivity contribution in [3.05, 3.63) is 58.6 Å². The SMILES string of the molecule is O=C(NCCOc1ccc(Br)cc1)N1CCc2ccccc21. The van der Waals surface area contributed by atoms with E-state index in [1.54, 1.807) is 4.90 Å². The van der Waals surface area contributed by atoms with Crippen LogP contribution in [0, 0.1) is 0 Å². The number of nitrogens with one attached hydrogen (secondary N) is 1. The molecule has 0 bridgehead atoms. The van der Waals surface area contributed by atoms with Gasteiger partial charge in [0.1, 0.15) is 12.4 Å². The van der Waals surface area contributed by atoms with Crippen molar-refractivity contribution in [1.82, 2.24) is 5.32 Å². The van der Waals surface area contributed by atoms with Crippen LogP contribution in [0.3, 0.4) is 0 Å². The second-order valence-corrected chi connectivity index (χ2v) is 5.98. The molecule has 2 amide bonds. The van der Waals surface area contributed by atoms with Crippen molar-refractivity contribution in [2.45, 2.75) is 6.42 Å². The van der Waals surface area contributed by atoms with Gasteiger partial charge in [0.15, 0.2) is 0 Å². The summed E-state index contributed by atoms with van der Waals surface area (Å²) in [4.78, 5) is 14.0. The summed E-state index contributed by atoms with van der Waals surface area (Å²) < 4.78 is 6.60. The first-order valence-corrected chi connectivity index (χ1v) is 8.05. The number of nitrogens with zero attached hydrogens (tertiary/aromatic N) is 1. The Bertz CT molecular complexity index is 658. The molecule has 0 saturated heterocycles. The van der Waals surface area contributed by atoms with Gasteiger partial charge in [0.05, 0.1) is 6.54 Å². The number of carbonyl (C=O) groups is 1. The van der Waals surface area contributed by atoms with Gasteiger partial charge in [0, 0.05) is 16.7 Å². The summed E-state index contributed by atoms with van der Waals surface area (Å²) in [5.74, 6) is 0.795. The Morgan fingerprint density at radius 3 is 2.77 bits per heavy atom. The van der Waals surface area contributed by atoms with Crippen LogP contribution in [0.4, 0.5) is 10.5 Å². The quantitative estimate of drug-likeness (QED) is 0.846. The second kappa shape index (κ2) is 6.83. The largest absolute Gasteiger partial charge is 0.492 e. The molecular formula is C17H17BrN2O2. The van der Waals surface area contributed by atoms with E-state index in [1.807, 2.05) is 42.5 Å². The van der Waals surface area contributed by atoms with Gasteiger partial charge in [0.2, 0.25) is 0 Å². The summed E-state index contributed by atoms with van der Waals surface area (Å²) in [6, 6.07) is 15.6. The molecule has 0 saturated carbocycles. The van der Waals surface area contributed by atoms with Crippen LogP contribution in [0.25, 0.3) is 0 Å². The number of anilines is 1. The fraction of sp³-hybridized carbons (Fsp3) is 0.235. The van der Waals surface area contributed by atoms with Crippen molar-refractivity contribution in [3.8, 4) is 5.75 Å². The molecule has 4 nitrogen and oxygen atoms in total. The number of ether oxygens (including phenoxy) is 1. The molecule has 0 radical (unpaired) electrons. The van der Waals surface area contributed by atoms with Gasteiger partial charge in [-0.15, -0.1) is 0 Å². The van der Waals surface area contributed by atoms with E-state index in [9.17, 15) is 4.79 Å². The average Bonchev–Trinajstić information content (AvgIpc) is 2.97. The first-order valence-electron chi connectivity index (χ1n) is 7.26. The minimum atomic E-state index is -0.0654.